The van der Waals surface area contributed by atoms with Crippen molar-refractivity contribution in [3.8, 4) is 0 Å². The number of unbranched alkanes of at least 4 members (excludes halogenated alkanes) is 1. The Labute approximate surface area is 293 Å². The molecule has 1 aromatic heterocycles. The summed E-state index contributed by atoms with van der Waals surface area (Å²) in [4.78, 5) is 59.2. The lowest BCUT2D eigenvalue weighted by Crippen LogP contribution is -2.59. The van der Waals surface area contributed by atoms with Gasteiger partial charge in [0, 0.05) is 25.9 Å². The zero-order valence-electron chi connectivity index (χ0n) is 28.7. The molecule has 0 radical (unpaired) electrons. The van der Waals surface area contributed by atoms with Gasteiger partial charge in [0.2, 0.25) is 23.6 Å². The van der Waals surface area contributed by atoms with Crippen molar-refractivity contribution in [3.05, 3.63) is 64.2 Å². The Kier molecular flexibility index (Phi) is 13.1. The molecular weight excluding hydrogens is 639 g/mol. The minimum atomic E-state index is -0.905. The van der Waals surface area contributed by atoms with Crippen LogP contribution >= 0.6 is 11.3 Å². The third-order valence-electron chi connectivity index (χ3n) is 9.70. The molecule has 1 saturated carbocycles. The van der Waals surface area contributed by atoms with Crippen LogP contribution in [0, 0.1) is 5.92 Å². The molecule has 0 bridgehead atoms. The van der Waals surface area contributed by atoms with Gasteiger partial charge < -0.3 is 32.3 Å². The highest BCUT2D eigenvalue weighted by molar-refractivity contribution is 7.18. The quantitative estimate of drug-likeness (QED) is 0.125. The summed E-state index contributed by atoms with van der Waals surface area (Å²) >= 11 is 1.51. The van der Waals surface area contributed by atoms with Gasteiger partial charge in [-0.05, 0) is 79.8 Å². The minimum absolute atomic E-state index is 0.0800. The number of benzene rings is 2. The highest BCUT2D eigenvalue weighted by atomic mass is 32.1. The maximum atomic E-state index is 14.1. The fourth-order valence-corrected chi connectivity index (χ4v) is 7.94. The number of rotatable bonds is 16. The predicted molar refractivity (Wildman–Crippen MR) is 193 cm³/mol. The van der Waals surface area contributed by atoms with Crippen molar-refractivity contribution < 1.29 is 19.2 Å². The largest absolute Gasteiger partial charge is 0.346 e. The summed E-state index contributed by atoms with van der Waals surface area (Å²) in [6.07, 6.45) is 6.65. The Hall–Kier alpha value is -3.87. The van der Waals surface area contributed by atoms with Gasteiger partial charge in [-0.3, -0.25) is 19.2 Å². The number of thiazole rings is 1. The van der Waals surface area contributed by atoms with E-state index in [-0.39, 0.29) is 42.5 Å². The normalized spacial score (nSPS) is 17.9. The molecule has 2 aromatic carbocycles. The van der Waals surface area contributed by atoms with Crippen molar-refractivity contribution in [2.75, 3.05) is 13.1 Å². The Morgan fingerprint density at radius 2 is 1.76 bits per heavy atom. The van der Waals surface area contributed by atoms with Crippen molar-refractivity contribution in [2.45, 2.75) is 109 Å². The van der Waals surface area contributed by atoms with E-state index >= 15 is 0 Å². The average molecular weight is 690 g/mol. The molecule has 2 aliphatic rings. The topological polar surface area (TPSA) is 167 Å². The standard InChI is InChI=1S/C37H51N7O4S/c1-3-23-16-17-27-31(19-23)49-33(41-27)20-29(40-32(45)4-2)36(47)44-34(24-11-5-6-12-24)37(48)42-28(15-9-10-18-38)35(46)43-30-22-39-21-25-13-7-8-14-26(25)30/h7-8,13-14,16-17,19,24,28-30,34,39H,3-6,9-12,15,18,20-22,38H2,1-2H3,(H,40,45)(H,42,48)(H,43,46)(H,44,47)/t28-,29-,30+,34-/m0/s1. The fourth-order valence-electron chi connectivity index (χ4n) is 6.87. The molecule has 2 heterocycles. The van der Waals surface area contributed by atoms with Crippen LogP contribution in [0.25, 0.3) is 10.2 Å². The molecule has 3 aromatic rings. The van der Waals surface area contributed by atoms with E-state index < -0.39 is 24.0 Å². The maximum absolute atomic E-state index is 14.1. The van der Waals surface area contributed by atoms with Gasteiger partial charge in [0.25, 0.3) is 0 Å². The van der Waals surface area contributed by atoms with Crippen molar-refractivity contribution in [1.29, 1.82) is 0 Å². The van der Waals surface area contributed by atoms with Crippen LogP contribution in [0.1, 0.15) is 93.0 Å². The van der Waals surface area contributed by atoms with E-state index in [1.165, 1.54) is 16.9 Å². The minimum Gasteiger partial charge on any atom is -0.346 e. The Balaban J connectivity index is 1.32. The number of carbonyl (C=O) groups excluding carboxylic acids is 4. The van der Waals surface area contributed by atoms with Crippen molar-refractivity contribution in [2.24, 2.45) is 11.7 Å². The second kappa shape index (κ2) is 17.7. The van der Waals surface area contributed by atoms with Gasteiger partial charge in [-0.25, -0.2) is 4.98 Å². The van der Waals surface area contributed by atoms with Crippen LogP contribution in [-0.4, -0.2) is 59.8 Å². The number of aromatic nitrogens is 1. The van der Waals surface area contributed by atoms with E-state index in [0.29, 0.717) is 25.9 Å². The molecule has 264 valence electrons. The lowest BCUT2D eigenvalue weighted by Gasteiger charge is -2.31. The first-order valence-electron chi connectivity index (χ1n) is 17.9. The van der Waals surface area contributed by atoms with E-state index in [1.807, 2.05) is 36.4 Å². The molecule has 7 N–H and O–H groups in total. The van der Waals surface area contributed by atoms with E-state index in [9.17, 15) is 19.2 Å². The first kappa shape index (κ1) is 36.4. The second-order valence-corrected chi connectivity index (χ2v) is 14.3. The van der Waals surface area contributed by atoms with Crippen LogP contribution in [0.5, 0.6) is 0 Å². The van der Waals surface area contributed by atoms with Crippen LogP contribution in [0.3, 0.4) is 0 Å². The van der Waals surface area contributed by atoms with Crippen molar-refractivity contribution >= 4 is 45.2 Å². The smallest absolute Gasteiger partial charge is 0.243 e. The molecule has 1 aliphatic heterocycles. The van der Waals surface area contributed by atoms with Gasteiger partial charge in [-0.2, -0.15) is 0 Å². The number of hydrogen-bond donors (Lipinski definition) is 6. The molecule has 1 fully saturated rings. The summed E-state index contributed by atoms with van der Waals surface area (Å²) in [6, 6.07) is 11.4. The third-order valence-corrected chi connectivity index (χ3v) is 10.7. The lowest BCUT2D eigenvalue weighted by atomic mass is 9.95. The maximum Gasteiger partial charge on any atom is 0.243 e. The summed E-state index contributed by atoms with van der Waals surface area (Å²) in [7, 11) is 0. The van der Waals surface area contributed by atoms with Crippen LogP contribution in [0.2, 0.25) is 0 Å². The number of nitrogens with two attached hydrogens (primary N) is 1. The molecule has 12 heteroatoms. The van der Waals surface area contributed by atoms with Crippen LogP contribution in [-0.2, 0) is 38.6 Å². The lowest BCUT2D eigenvalue weighted by molar-refractivity contribution is -0.135. The van der Waals surface area contributed by atoms with Crippen LogP contribution < -0.4 is 32.3 Å². The second-order valence-electron chi connectivity index (χ2n) is 13.2. The molecule has 0 spiro atoms. The molecule has 49 heavy (non-hydrogen) atoms. The number of hydrogen-bond acceptors (Lipinski definition) is 8. The average Bonchev–Trinajstić information content (AvgIpc) is 3.79. The Morgan fingerprint density at radius 1 is 0.959 bits per heavy atom. The molecule has 4 amide bonds. The highest BCUT2D eigenvalue weighted by Crippen LogP contribution is 2.29. The molecule has 5 rings (SSSR count). The van der Waals surface area contributed by atoms with Gasteiger partial charge in [-0.15, -0.1) is 11.3 Å². The summed E-state index contributed by atoms with van der Waals surface area (Å²) in [5, 5.41) is 16.2. The van der Waals surface area contributed by atoms with E-state index in [0.717, 1.165) is 71.4 Å². The van der Waals surface area contributed by atoms with Gasteiger partial charge >= 0.3 is 0 Å². The van der Waals surface area contributed by atoms with E-state index in [4.69, 9.17) is 10.7 Å². The molecule has 11 nitrogen and oxygen atoms in total. The number of nitrogens with zero attached hydrogens (tertiary/aromatic N) is 1. The number of amides is 4. The molecule has 0 unspecified atom stereocenters. The molecule has 0 saturated heterocycles. The SMILES string of the molecule is CCC(=O)N[C@@H](Cc1nc2ccc(CC)cc2s1)C(=O)N[C@H](C(=O)N[C@@H](CCCCN)C(=O)N[C@@H]1CNCc2ccccc21)C1CCCC1. The third kappa shape index (κ3) is 9.64. The summed E-state index contributed by atoms with van der Waals surface area (Å²) in [5.41, 5.74) is 10.0. The van der Waals surface area contributed by atoms with Gasteiger partial charge in [0.05, 0.1) is 21.3 Å². The zero-order chi connectivity index (χ0) is 34.8. The zero-order valence-corrected chi connectivity index (χ0v) is 29.5. The Morgan fingerprint density at radius 3 is 2.51 bits per heavy atom. The van der Waals surface area contributed by atoms with Crippen molar-refractivity contribution in [3.63, 3.8) is 0 Å². The molecule has 1 aliphatic carbocycles. The van der Waals surface area contributed by atoms with E-state index in [2.05, 4.69) is 39.6 Å². The number of carbonyl (C=O) groups is 4. The number of aryl methyl sites for hydroxylation is 1. The number of nitrogens with one attached hydrogen (secondary N) is 5. The Bertz CT molecular complexity index is 1600. The summed E-state index contributed by atoms with van der Waals surface area (Å²) in [6.45, 7) is 5.65. The summed E-state index contributed by atoms with van der Waals surface area (Å²) < 4.78 is 1.03. The highest BCUT2D eigenvalue weighted by Gasteiger charge is 2.36. The first-order chi connectivity index (χ1) is 23.8. The van der Waals surface area contributed by atoms with Crippen molar-refractivity contribution in [1.82, 2.24) is 31.6 Å². The monoisotopic (exact) mass is 689 g/mol. The van der Waals surface area contributed by atoms with Gasteiger partial charge in [0.15, 0.2) is 0 Å². The van der Waals surface area contributed by atoms with Gasteiger partial charge in [0.1, 0.15) is 18.1 Å². The molecule has 4 atom stereocenters. The molecular formula is C37H51N7O4S. The fraction of sp³-hybridized carbons (Fsp3) is 0.541. The summed E-state index contributed by atoms with van der Waals surface area (Å²) in [5.74, 6) is -1.42. The van der Waals surface area contributed by atoms with E-state index in [1.54, 1.807) is 6.92 Å². The first-order valence-corrected chi connectivity index (χ1v) is 18.7. The van der Waals surface area contributed by atoms with Crippen LogP contribution in [0.4, 0.5) is 0 Å². The van der Waals surface area contributed by atoms with Gasteiger partial charge in [-0.1, -0.05) is 57.0 Å². The number of fused-ring (bicyclic) bond motifs is 2. The van der Waals surface area contributed by atoms with Crippen LogP contribution in [0.15, 0.2) is 42.5 Å². The predicted octanol–water partition coefficient (Wildman–Crippen LogP) is 3.55.